The third kappa shape index (κ3) is 3.75. The van der Waals surface area contributed by atoms with Gasteiger partial charge in [0, 0.05) is 30.5 Å². The smallest absolute Gasteiger partial charge is 0.179 e. The molecule has 0 bridgehead atoms. The fraction of sp³-hybridized carbons (Fsp3) is 0.450. The summed E-state index contributed by atoms with van der Waals surface area (Å²) in [7, 11) is 0. The van der Waals surface area contributed by atoms with Gasteiger partial charge in [-0.2, -0.15) is 4.37 Å². The predicted octanol–water partition coefficient (Wildman–Crippen LogP) is 3.18. The molecule has 2 atom stereocenters. The zero-order valence-corrected chi connectivity index (χ0v) is 18.2. The SMILES string of the molecule is C[C@@H]1CC[C@](C(=O)c2ccsc2-c2ncccn2)(c2nsc(C(C)(C)O)n2)CN1. The van der Waals surface area contributed by atoms with Gasteiger partial charge in [0.15, 0.2) is 17.4 Å². The highest BCUT2D eigenvalue weighted by Crippen LogP contribution is 2.39. The van der Waals surface area contributed by atoms with Crippen LogP contribution in [0.4, 0.5) is 0 Å². The van der Waals surface area contributed by atoms with Gasteiger partial charge in [-0.3, -0.25) is 4.79 Å². The van der Waals surface area contributed by atoms with Crippen molar-refractivity contribution < 1.29 is 9.90 Å². The second-order valence-corrected chi connectivity index (χ2v) is 9.62. The van der Waals surface area contributed by atoms with Crippen LogP contribution in [0.3, 0.4) is 0 Å². The molecule has 29 heavy (non-hydrogen) atoms. The van der Waals surface area contributed by atoms with Gasteiger partial charge >= 0.3 is 0 Å². The number of rotatable bonds is 5. The van der Waals surface area contributed by atoms with Crippen LogP contribution in [0.15, 0.2) is 29.9 Å². The molecule has 9 heteroatoms. The zero-order valence-electron chi connectivity index (χ0n) is 16.5. The average Bonchev–Trinajstić information content (AvgIpc) is 3.39. The highest BCUT2D eigenvalue weighted by Gasteiger charge is 2.47. The molecule has 0 unspecified atom stereocenters. The summed E-state index contributed by atoms with van der Waals surface area (Å²) in [6, 6.07) is 3.91. The van der Waals surface area contributed by atoms with Crippen molar-refractivity contribution in [2.75, 3.05) is 6.54 Å². The number of hydrogen-bond donors (Lipinski definition) is 2. The van der Waals surface area contributed by atoms with Gasteiger partial charge in [0.25, 0.3) is 0 Å². The van der Waals surface area contributed by atoms with E-state index in [0.29, 0.717) is 41.2 Å². The summed E-state index contributed by atoms with van der Waals surface area (Å²) in [5.41, 5.74) is -1.38. The van der Waals surface area contributed by atoms with Crippen molar-refractivity contribution in [3.05, 3.63) is 46.3 Å². The molecular formula is C20H23N5O2S2. The average molecular weight is 430 g/mol. The van der Waals surface area contributed by atoms with Gasteiger partial charge in [0.05, 0.1) is 4.88 Å². The number of ketones is 1. The molecule has 0 radical (unpaired) electrons. The van der Waals surface area contributed by atoms with Crippen molar-refractivity contribution in [2.24, 2.45) is 0 Å². The van der Waals surface area contributed by atoms with Crippen LogP contribution in [-0.4, -0.2) is 42.8 Å². The lowest BCUT2D eigenvalue weighted by Crippen LogP contribution is -2.52. The van der Waals surface area contributed by atoms with Gasteiger partial charge in [-0.1, -0.05) is 0 Å². The number of aromatic nitrogens is 4. The van der Waals surface area contributed by atoms with Crippen molar-refractivity contribution >= 4 is 28.7 Å². The number of nitrogens with one attached hydrogen (secondary N) is 1. The normalized spacial score (nSPS) is 22.6. The Hall–Kier alpha value is -2.07. The molecule has 1 saturated heterocycles. The second-order valence-electron chi connectivity index (χ2n) is 7.95. The zero-order chi connectivity index (χ0) is 20.6. The first-order valence-electron chi connectivity index (χ1n) is 9.51. The molecule has 3 aromatic rings. The van der Waals surface area contributed by atoms with Crippen molar-refractivity contribution in [3.8, 4) is 10.7 Å². The summed E-state index contributed by atoms with van der Waals surface area (Å²) in [4.78, 5) is 27.9. The number of piperidine rings is 1. The minimum absolute atomic E-state index is 0.0271. The van der Waals surface area contributed by atoms with Crippen LogP contribution >= 0.6 is 22.9 Å². The first-order chi connectivity index (χ1) is 13.8. The van der Waals surface area contributed by atoms with Crippen LogP contribution < -0.4 is 5.32 Å². The van der Waals surface area contributed by atoms with Crippen molar-refractivity contribution in [3.63, 3.8) is 0 Å². The molecule has 1 fully saturated rings. The molecule has 1 aliphatic heterocycles. The Morgan fingerprint density at radius 1 is 1.34 bits per heavy atom. The van der Waals surface area contributed by atoms with Crippen LogP contribution in [0.2, 0.25) is 0 Å². The van der Waals surface area contributed by atoms with Crippen LogP contribution in [0, 0.1) is 0 Å². The molecule has 0 saturated carbocycles. The number of carbonyl (C=O) groups is 1. The predicted molar refractivity (Wildman–Crippen MR) is 113 cm³/mol. The fourth-order valence-corrected chi connectivity index (χ4v) is 5.07. The Morgan fingerprint density at radius 3 is 2.72 bits per heavy atom. The Kier molecular flexibility index (Phi) is 5.32. The second kappa shape index (κ2) is 7.64. The van der Waals surface area contributed by atoms with E-state index in [0.717, 1.165) is 22.8 Å². The number of Topliss-reactive ketones (excluding diaryl/α,β-unsaturated/α-hetero) is 1. The fourth-order valence-electron chi connectivity index (χ4n) is 3.49. The highest BCUT2D eigenvalue weighted by molar-refractivity contribution is 7.14. The van der Waals surface area contributed by atoms with E-state index >= 15 is 0 Å². The number of aliphatic hydroxyl groups is 1. The number of nitrogens with zero attached hydrogens (tertiary/aromatic N) is 4. The molecule has 3 aromatic heterocycles. The molecule has 2 N–H and O–H groups in total. The van der Waals surface area contributed by atoms with E-state index in [1.807, 2.05) is 11.4 Å². The maximum atomic E-state index is 13.9. The molecule has 0 spiro atoms. The van der Waals surface area contributed by atoms with Gasteiger partial charge in [-0.25, -0.2) is 15.0 Å². The molecule has 0 amide bonds. The van der Waals surface area contributed by atoms with Gasteiger partial charge < -0.3 is 10.4 Å². The minimum Gasteiger partial charge on any atom is -0.383 e. The van der Waals surface area contributed by atoms with Crippen LogP contribution in [0.1, 0.15) is 54.8 Å². The lowest BCUT2D eigenvalue weighted by atomic mass is 9.72. The molecular weight excluding hydrogens is 406 g/mol. The van der Waals surface area contributed by atoms with Gasteiger partial charge in [0.2, 0.25) is 0 Å². The van der Waals surface area contributed by atoms with E-state index in [1.165, 1.54) is 11.3 Å². The Balaban J connectivity index is 1.79. The van der Waals surface area contributed by atoms with Gasteiger partial charge in [-0.05, 0) is 62.7 Å². The van der Waals surface area contributed by atoms with Crippen molar-refractivity contribution in [2.45, 2.75) is 50.7 Å². The molecule has 4 heterocycles. The third-order valence-electron chi connectivity index (χ3n) is 5.25. The first kappa shape index (κ1) is 20.2. The molecule has 7 nitrogen and oxygen atoms in total. The Labute approximate surface area is 177 Å². The number of carbonyl (C=O) groups excluding carboxylic acids is 1. The van der Waals surface area contributed by atoms with Crippen molar-refractivity contribution in [1.29, 1.82) is 0 Å². The molecule has 1 aliphatic rings. The lowest BCUT2D eigenvalue weighted by molar-refractivity contribution is 0.0760. The van der Waals surface area contributed by atoms with Crippen LogP contribution in [0.25, 0.3) is 10.7 Å². The van der Waals surface area contributed by atoms with Crippen LogP contribution in [-0.2, 0) is 11.0 Å². The van der Waals surface area contributed by atoms with E-state index in [4.69, 9.17) is 0 Å². The Morgan fingerprint density at radius 2 is 2.10 bits per heavy atom. The quantitative estimate of drug-likeness (QED) is 0.601. The van der Waals surface area contributed by atoms with E-state index in [9.17, 15) is 9.90 Å². The summed E-state index contributed by atoms with van der Waals surface area (Å²) >= 11 is 2.61. The molecule has 0 aliphatic carbocycles. The monoisotopic (exact) mass is 429 g/mol. The lowest BCUT2D eigenvalue weighted by Gasteiger charge is -2.36. The maximum absolute atomic E-state index is 13.9. The summed E-state index contributed by atoms with van der Waals surface area (Å²) in [6.07, 6.45) is 4.83. The molecule has 0 aromatic carbocycles. The summed E-state index contributed by atoms with van der Waals surface area (Å²) in [5, 5.41) is 16.2. The van der Waals surface area contributed by atoms with Gasteiger partial charge in [0.1, 0.15) is 16.0 Å². The van der Waals surface area contributed by atoms with Crippen molar-refractivity contribution in [1.82, 2.24) is 24.6 Å². The van der Waals surface area contributed by atoms with Gasteiger partial charge in [-0.15, -0.1) is 11.3 Å². The molecule has 152 valence electrons. The van der Waals surface area contributed by atoms with E-state index in [1.54, 1.807) is 32.3 Å². The highest BCUT2D eigenvalue weighted by atomic mass is 32.1. The third-order valence-corrected chi connectivity index (χ3v) is 7.19. The summed E-state index contributed by atoms with van der Waals surface area (Å²) in [5.74, 6) is 0.998. The van der Waals surface area contributed by atoms with E-state index < -0.39 is 11.0 Å². The standard InChI is InChI=1S/C20H23N5O2S2/c1-12-5-7-20(11-23-12,17-24-18(29-25-17)19(2,3)27)15(26)13-6-10-28-14(13)16-21-8-4-9-22-16/h4,6,8-10,12,23,27H,5,7,11H2,1-3H3/t12-,20+/m1/s1. The van der Waals surface area contributed by atoms with E-state index in [-0.39, 0.29) is 5.78 Å². The van der Waals surface area contributed by atoms with E-state index in [2.05, 4.69) is 31.6 Å². The van der Waals surface area contributed by atoms with Crippen LogP contribution in [0.5, 0.6) is 0 Å². The molecule has 4 rings (SSSR count). The first-order valence-corrected chi connectivity index (χ1v) is 11.2. The Bertz CT molecular complexity index is 1000. The largest absolute Gasteiger partial charge is 0.383 e. The number of thiophene rings is 1. The summed E-state index contributed by atoms with van der Waals surface area (Å²) < 4.78 is 4.52. The maximum Gasteiger partial charge on any atom is 0.179 e. The number of hydrogen-bond acceptors (Lipinski definition) is 9. The summed E-state index contributed by atoms with van der Waals surface area (Å²) in [6.45, 7) is 5.92. The topological polar surface area (TPSA) is 101 Å². The minimum atomic E-state index is -1.10.